The van der Waals surface area contributed by atoms with Crippen LogP contribution in [0.25, 0.3) is 0 Å². The molecule has 0 radical (unpaired) electrons. The maximum absolute atomic E-state index is 11.9. The summed E-state index contributed by atoms with van der Waals surface area (Å²) in [6.45, 7) is 2.59. The topological polar surface area (TPSA) is 69.2 Å². The Balaban J connectivity index is 1.61. The van der Waals surface area contributed by atoms with Crippen molar-refractivity contribution in [1.82, 2.24) is 5.43 Å². The highest BCUT2D eigenvalue weighted by molar-refractivity contribution is 9.10. The molecule has 1 N–H and O–H groups in total. The lowest BCUT2D eigenvalue weighted by molar-refractivity contribution is -0.123. The predicted octanol–water partition coefficient (Wildman–Crippen LogP) is 5.61. The fourth-order valence-corrected chi connectivity index (χ4v) is 3.38. The number of carbonyl (C=O) groups is 1. The second kappa shape index (κ2) is 12.1. The van der Waals surface area contributed by atoms with E-state index in [0.717, 1.165) is 11.1 Å². The molecule has 0 aromatic heterocycles. The molecule has 0 aliphatic heterocycles. The van der Waals surface area contributed by atoms with Gasteiger partial charge in [-0.25, -0.2) is 5.43 Å². The number of benzene rings is 3. The van der Waals surface area contributed by atoms with Gasteiger partial charge >= 0.3 is 0 Å². The average Bonchev–Trinajstić information content (AvgIpc) is 2.79. The van der Waals surface area contributed by atoms with Crippen molar-refractivity contribution in [3.05, 3.63) is 87.4 Å². The largest absolute Gasteiger partial charge is 0.490 e. The SMILES string of the molecule is CCOc1cc(/C=N\NC(=O)COc2ccccc2)cc(Br)c1OCc1ccc(Cl)cc1. The average molecular weight is 518 g/mol. The predicted molar refractivity (Wildman–Crippen MR) is 129 cm³/mol. The van der Waals surface area contributed by atoms with E-state index in [1.54, 1.807) is 18.2 Å². The third-order valence-electron chi connectivity index (χ3n) is 4.14. The van der Waals surface area contributed by atoms with E-state index in [-0.39, 0.29) is 12.5 Å². The number of nitrogens with one attached hydrogen (secondary N) is 1. The monoisotopic (exact) mass is 516 g/mol. The highest BCUT2D eigenvalue weighted by Gasteiger charge is 2.12. The molecule has 0 aliphatic carbocycles. The lowest BCUT2D eigenvalue weighted by Gasteiger charge is -2.14. The van der Waals surface area contributed by atoms with Crippen molar-refractivity contribution in [1.29, 1.82) is 0 Å². The number of halogens is 2. The Morgan fingerprint density at radius 1 is 1.06 bits per heavy atom. The Bertz CT molecular complexity index is 1060. The molecule has 3 aromatic carbocycles. The van der Waals surface area contributed by atoms with E-state index in [1.165, 1.54) is 6.21 Å². The zero-order chi connectivity index (χ0) is 22.8. The maximum Gasteiger partial charge on any atom is 0.277 e. The first kappa shape index (κ1) is 23.6. The molecule has 0 heterocycles. The minimum absolute atomic E-state index is 0.132. The van der Waals surface area contributed by atoms with Crippen LogP contribution in [0.5, 0.6) is 17.2 Å². The molecule has 166 valence electrons. The van der Waals surface area contributed by atoms with Crippen molar-refractivity contribution < 1.29 is 19.0 Å². The summed E-state index contributed by atoms with van der Waals surface area (Å²) in [6.07, 6.45) is 1.52. The molecular formula is C24H22BrClN2O4. The smallest absolute Gasteiger partial charge is 0.277 e. The van der Waals surface area contributed by atoms with Gasteiger partial charge in [0.05, 0.1) is 17.3 Å². The molecule has 0 saturated carbocycles. The Morgan fingerprint density at radius 3 is 2.53 bits per heavy atom. The summed E-state index contributed by atoms with van der Waals surface area (Å²) < 4.78 is 17.8. The molecule has 0 atom stereocenters. The molecule has 6 nitrogen and oxygen atoms in total. The quantitative estimate of drug-likeness (QED) is 0.280. The van der Waals surface area contributed by atoms with Crippen LogP contribution in [-0.2, 0) is 11.4 Å². The Morgan fingerprint density at radius 2 is 1.81 bits per heavy atom. The van der Waals surface area contributed by atoms with E-state index in [0.29, 0.717) is 40.0 Å². The first-order chi connectivity index (χ1) is 15.5. The normalized spacial score (nSPS) is 10.7. The van der Waals surface area contributed by atoms with Crippen LogP contribution in [0.4, 0.5) is 0 Å². The van der Waals surface area contributed by atoms with Crippen molar-refractivity contribution in [2.45, 2.75) is 13.5 Å². The second-order valence-corrected chi connectivity index (χ2v) is 7.86. The molecule has 0 bridgehead atoms. The molecule has 0 fully saturated rings. The van der Waals surface area contributed by atoms with E-state index in [4.69, 9.17) is 25.8 Å². The first-order valence-electron chi connectivity index (χ1n) is 9.88. The fourth-order valence-electron chi connectivity index (χ4n) is 2.68. The molecule has 1 amide bonds. The number of carbonyl (C=O) groups excluding carboxylic acids is 1. The maximum atomic E-state index is 11.9. The Hall–Kier alpha value is -3.03. The molecule has 8 heteroatoms. The number of rotatable bonds is 10. The van der Waals surface area contributed by atoms with E-state index >= 15 is 0 Å². The fraction of sp³-hybridized carbons (Fsp3) is 0.167. The molecule has 0 saturated heterocycles. The van der Waals surface area contributed by atoms with Crippen molar-refractivity contribution in [3.63, 3.8) is 0 Å². The molecule has 0 aliphatic rings. The van der Waals surface area contributed by atoms with Gasteiger partial charge in [-0.3, -0.25) is 4.79 Å². The van der Waals surface area contributed by atoms with Crippen LogP contribution in [0.3, 0.4) is 0 Å². The standard InChI is InChI=1S/C24H22BrClN2O4/c1-2-30-22-13-18(14-27-28-23(29)16-31-20-6-4-3-5-7-20)12-21(25)24(22)32-15-17-8-10-19(26)11-9-17/h3-14H,2,15-16H2,1H3,(H,28,29)/b27-14-. The van der Waals surface area contributed by atoms with Gasteiger partial charge in [-0.05, 0) is 70.4 Å². The summed E-state index contributed by atoms with van der Waals surface area (Å²) in [5, 5.41) is 4.67. The van der Waals surface area contributed by atoms with Crippen LogP contribution < -0.4 is 19.6 Å². The summed E-state index contributed by atoms with van der Waals surface area (Å²) in [4.78, 5) is 11.9. The van der Waals surface area contributed by atoms with Gasteiger partial charge in [0.25, 0.3) is 5.91 Å². The highest BCUT2D eigenvalue weighted by Crippen LogP contribution is 2.37. The molecule has 0 spiro atoms. The highest BCUT2D eigenvalue weighted by atomic mass is 79.9. The van der Waals surface area contributed by atoms with Crippen molar-refractivity contribution in [2.75, 3.05) is 13.2 Å². The van der Waals surface area contributed by atoms with Gasteiger partial charge in [0.2, 0.25) is 0 Å². The van der Waals surface area contributed by atoms with Crippen molar-refractivity contribution in [2.24, 2.45) is 5.10 Å². The van der Waals surface area contributed by atoms with Gasteiger partial charge in [-0.1, -0.05) is 41.9 Å². The van der Waals surface area contributed by atoms with E-state index in [1.807, 2.05) is 55.5 Å². The van der Waals surface area contributed by atoms with Crippen LogP contribution >= 0.6 is 27.5 Å². The van der Waals surface area contributed by atoms with E-state index in [9.17, 15) is 4.79 Å². The molecular weight excluding hydrogens is 496 g/mol. The number of nitrogens with zero attached hydrogens (tertiary/aromatic N) is 1. The zero-order valence-electron chi connectivity index (χ0n) is 17.4. The molecule has 3 aromatic rings. The van der Waals surface area contributed by atoms with Crippen LogP contribution in [0, 0.1) is 0 Å². The number of para-hydroxylation sites is 1. The van der Waals surface area contributed by atoms with Crippen LogP contribution in [0.15, 0.2) is 76.3 Å². The summed E-state index contributed by atoms with van der Waals surface area (Å²) in [7, 11) is 0. The Kier molecular flexibility index (Phi) is 8.95. The number of ether oxygens (including phenoxy) is 3. The third-order valence-corrected chi connectivity index (χ3v) is 4.99. The van der Waals surface area contributed by atoms with Gasteiger partial charge in [0.15, 0.2) is 18.1 Å². The summed E-state index contributed by atoms with van der Waals surface area (Å²) in [6, 6.07) is 20.2. The van der Waals surface area contributed by atoms with Crippen molar-refractivity contribution in [3.8, 4) is 17.2 Å². The van der Waals surface area contributed by atoms with E-state index in [2.05, 4.69) is 26.5 Å². The molecule has 0 unspecified atom stereocenters. The summed E-state index contributed by atoms with van der Waals surface area (Å²) >= 11 is 9.46. The number of amides is 1. The van der Waals surface area contributed by atoms with Crippen LogP contribution in [0.1, 0.15) is 18.1 Å². The van der Waals surface area contributed by atoms with Gasteiger partial charge in [-0.15, -0.1) is 0 Å². The van der Waals surface area contributed by atoms with Gasteiger partial charge in [-0.2, -0.15) is 5.10 Å². The summed E-state index contributed by atoms with van der Waals surface area (Å²) in [5.41, 5.74) is 4.15. The minimum atomic E-state index is -0.364. The summed E-state index contributed by atoms with van der Waals surface area (Å²) in [5.74, 6) is 1.40. The second-order valence-electron chi connectivity index (χ2n) is 6.57. The minimum Gasteiger partial charge on any atom is -0.490 e. The number of hydrazone groups is 1. The van der Waals surface area contributed by atoms with Crippen molar-refractivity contribution >= 4 is 39.7 Å². The Labute approximate surface area is 200 Å². The van der Waals surface area contributed by atoms with Gasteiger partial charge in [0, 0.05) is 5.02 Å². The van der Waals surface area contributed by atoms with E-state index < -0.39 is 0 Å². The number of hydrogen-bond donors (Lipinski definition) is 1. The van der Waals surface area contributed by atoms with Gasteiger partial charge in [0.1, 0.15) is 12.4 Å². The third kappa shape index (κ3) is 7.28. The van der Waals surface area contributed by atoms with Gasteiger partial charge < -0.3 is 14.2 Å². The van der Waals surface area contributed by atoms with Crippen LogP contribution in [-0.4, -0.2) is 25.3 Å². The lowest BCUT2D eigenvalue weighted by Crippen LogP contribution is -2.24. The molecule has 32 heavy (non-hydrogen) atoms. The first-order valence-corrected chi connectivity index (χ1v) is 11.1. The zero-order valence-corrected chi connectivity index (χ0v) is 19.7. The molecule has 3 rings (SSSR count). The number of hydrogen-bond acceptors (Lipinski definition) is 5. The lowest BCUT2D eigenvalue weighted by atomic mass is 10.2. The van der Waals surface area contributed by atoms with Crippen LogP contribution in [0.2, 0.25) is 5.02 Å².